The molecule has 1 aliphatic rings. The van der Waals surface area contributed by atoms with E-state index in [4.69, 9.17) is 0 Å². The van der Waals surface area contributed by atoms with E-state index in [2.05, 4.69) is 4.74 Å². The van der Waals surface area contributed by atoms with Crippen LogP contribution in [0.2, 0.25) is 0 Å². The van der Waals surface area contributed by atoms with Crippen LogP contribution in [0.25, 0.3) is 0 Å². The standard InChI is InChI=1S/C9H15NO4S/c1-7(15(2)13)3-4-10-5-8(11)14-9(12)6-10/h7H,3-6H2,1-2H3. The van der Waals surface area contributed by atoms with Crippen molar-refractivity contribution in [2.24, 2.45) is 0 Å². The highest BCUT2D eigenvalue weighted by Gasteiger charge is 2.24. The van der Waals surface area contributed by atoms with E-state index in [0.717, 1.165) is 0 Å². The molecule has 0 spiro atoms. The van der Waals surface area contributed by atoms with E-state index in [-0.39, 0.29) is 18.3 Å². The SMILES string of the molecule is CC(CCN1CC(=O)OC(=O)C1)S(C)=O. The molecule has 86 valence electrons. The Labute approximate surface area is 91.2 Å². The number of morpholine rings is 1. The summed E-state index contributed by atoms with van der Waals surface area (Å²) in [4.78, 5) is 23.6. The number of nitrogens with zero attached hydrogens (tertiary/aromatic N) is 1. The van der Waals surface area contributed by atoms with Gasteiger partial charge in [-0.2, -0.15) is 0 Å². The molecule has 1 saturated heterocycles. The predicted octanol–water partition coefficient (Wildman–Crippen LogP) is -0.471. The van der Waals surface area contributed by atoms with Gasteiger partial charge in [-0.05, 0) is 6.42 Å². The molecular formula is C9H15NO4S. The number of esters is 2. The van der Waals surface area contributed by atoms with Crippen LogP contribution in [0.5, 0.6) is 0 Å². The minimum absolute atomic E-state index is 0.0815. The topological polar surface area (TPSA) is 63.7 Å². The normalized spacial score (nSPS) is 22.3. The zero-order chi connectivity index (χ0) is 11.4. The smallest absolute Gasteiger partial charge is 0.327 e. The summed E-state index contributed by atoms with van der Waals surface area (Å²) in [6.45, 7) is 2.78. The molecule has 6 heteroatoms. The summed E-state index contributed by atoms with van der Waals surface area (Å²) in [6.07, 6.45) is 2.37. The van der Waals surface area contributed by atoms with Crippen molar-refractivity contribution >= 4 is 22.7 Å². The Bertz CT molecular complexity index is 276. The summed E-state index contributed by atoms with van der Waals surface area (Å²) in [5, 5.41) is 0.0815. The van der Waals surface area contributed by atoms with Gasteiger partial charge >= 0.3 is 11.9 Å². The number of carbonyl (C=O) groups excluding carboxylic acids is 2. The first kappa shape index (κ1) is 12.3. The second-order valence-electron chi connectivity index (χ2n) is 3.65. The summed E-state index contributed by atoms with van der Waals surface area (Å²) < 4.78 is 15.5. The summed E-state index contributed by atoms with van der Waals surface area (Å²) in [5.74, 6) is -1.01. The lowest BCUT2D eigenvalue weighted by Crippen LogP contribution is -2.43. The molecule has 1 rings (SSSR count). The van der Waals surface area contributed by atoms with Crippen molar-refractivity contribution in [2.75, 3.05) is 25.9 Å². The average molecular weight is 233 g/mol. The van der Waals surface area contributed by atoms with Crippen molar-refractivity contribution in [3.63, 3.8) is 0 Å². The molecular weight excluding hydrogens is 218 g/mol. The fourth-order valence-corrected chi connectivity index (χ4v) is 1.74. The van der Waals surface area contributed by atoms with Crippen molar-refractivity contribution < 1.29 is 18.5 Å². The molecule has 1 heterocycles. The molecule has 0 N–H and O–H groups in total. The van der Waals surface area contributed by atoms with E-state index >= 15 is 0 Å². The molecule has 1 aliphatic heterocycles. The number of hydrogen-bond acceptors (Lipinski definition) is 5. The van der Waals surface area contributed by atoms with Crippen molar-refractivity contribution in [1.29, 1.82) is 0 Å². The van der Waals surface area contributed by atoms with Gasteiger partial charge in [-0.1, -0.05) is 6.92 Å². The zero-order valence-electron chi connectivity index (χ0n) is 8.89. The first-order chi connectivity index (χ1) is 6.99. The highest BCUT2D eigenvalue weighted by Crippen LogP contribution is 2.05. The highest BCUT2D eigenvalue weighted by molar-refractivity contribution is 7.84. The molecule has 2 unspecified atom stereocenters. The third kappa shape index (κ3) is 4.09. The Kier molecular flexibility index (Phi) is 4.41. The average Bonchev–Trinajstić information content (AvgIpc) is 2.12. The molecule has 0 aliphatic carbocycles. The fourth-order valence-electron chi connectivity index (χ4n) is 1.30. The van der Waals surface area contributed by atoms with Crippen LogP contribution in [0.15, 0.2) is 0 Å². The fraction of sp³-hybridized carbons (Fsp3) is 0.778. The number of carbonyl (C=O) groups is 2. The van der Waals surface area contributed by atoms with Crippen LogP contribution in [0.4, 0.5) is 0 Å². The second-order valence-corrected chi connectivity index (χ2v) is 5.46. The minimum atomic E-state index is -0.860. The molecule has 15 heavy (non-hydrogen) atoms. The van der Waals surface area contributed by atoms with E-state index < -0.39 is 22.7 Å². The molecule has 2 atom stereocenters. The van der Waals surface area contributed by atoms with Crippen LogP contribution in [-0.4, -0.2) is 52.2 Å². The van der Waals surface area contributed by atoms with Crippen LogP contribution >= 0.6 is 0 Å². The van der Waals surface area contributed by atoms with Gasteiger partial charge in [0, 0.05) is 28.9 Å². The van der Waals surface area contributed by atoms with Crippen molar-refractivity contribution in [1.82, 2.24) is 4.90 Å². The van der Waals surface area contributed by atoms with Gasteiger partial charge < -0.3 is 4.74 Å². The largest absolute Gasteiger partial charge is 0.391 e. The summed E-state index contributed by atoms with van der Waals surface area (Å²) in [7, 11) is -0.860. The molecule has 0 aromatic carbocycles. The molecule has 0 radical (unpaired) electrons. The lowest BCUT2D eigenvalue weighted by molar-refractivity contribution is -0.166. The van der Waals surface area contributed by atoms with Crippen LogP contribution in [-0.2, 0) is 25.1 Å². The van der Waals surface area contributed by atoms with Gasteiger partial charge in [0.25, 0.3) is 0 Å². The molecule has 0 aromatic heterocycles. The molecule has 0 saturated carbocycles. The summed E-state index contributed by atoms with van der Waals surface area (Å²) >= 11 is 0. The lowest BCUT2D eigenvalue weighted by Gasteiger charge is -2.24. The van der Waals surface area contributed by atoms with Crippen LogP contribution < -0.4 is 0 Å². The maximum atomic E-state index is 11.1. The maximum absolute atomic E-state index is 11.1. The molecule has 0 aromatic rings. The van der Waals surface area contributed by atoms with E-state index in [1.165, 1.54) is 0 Å². The highest BCUT2D eigenvalue weighted by atomic mass is 32.2. The Balaban J connectivity index is 2.35. The van der Waals surface area contributed by atoms with E-state index in [1.54, 1.807) is 11.2 Å². The Hall–Kier alpha value is -0.750. The van der Waals surface area contributed by atoms with Crippen LogP contribution in [0.1, 0.15) is 13.3 Å². The number of ether oxygens (including phenoxy) is 1. The van der Waals surface area contributed by atoms with E-state index in [9.17, 15) is 13.8 Å². The molecule has 1 fully saturated rings. The predicted molar refractivity (Wildman–Crippen MR) is 55.7 cm³/mol. The summed E-state index contributed by atoms with van der Waals surface area (Å²) in [6, 6.07) is 0. The first-order valence-corrected chi connectivity index (χ1v) is 6.39. The van der Waals surface area contributed by atoms with Crippen molar-refractivity contribution in [3.05, 3.63) is 0 Å². The third-order valence-corrected chi connectivity index (χ3v) is 3.72. The number of hydrogen-bond donors (Lipinski definition) is 0. The van der Waals surface area contributed by atoms with E-state index in [0.29, 0.717) is 13.0 Å². The monoisotopic (exact) mass is 233 g/mol. The van der Waals surface area contributed by atoms with Gasteiger partial charge in [-0.3, -0.25) is 18.7 Å². The van der Waals surface area contributed by atoms with Gasteiger partial charge in [-0.25, -0.2) is 0 Å². The third-order valence-electron chi connectivity index (χ3n) is 2.35. The number of rotatable bonds is 4. The first-order valence-electron chi connectivity index (χ1n) is 4.77. The minimum Gasteiger partial charge on any atom is -0.391 e. The summed E-state index contributed by atoms with van der Waals surface area (Å²) in [5.41, 5.74) is 0. The maximum Gasteiger partial charge on any atom is 0.327 e. The Morgan fingerprint density at radius 1 is 1.40 bits per heavy atom. The van der Waals surface area contributed by atoms with Gasteiger partial charge in [0.1, 0.15) is 0 Å². The van der Waals surface area contributed by atoms with Crippen LogP contribution in [0, 0.1) is 0 Å². The van der Waals surface area contributed by atoms with Gasteiger partial charge in [0.05, 0.1) is 13.1 Å². The van der Waals surface area contributed by atoms with Gasteiger partial charge in [0.15, 0.2) is 0 Å². The lowest BCUT2D eigenvalue weighted by atomic mass is 10.3. The van der Waals surface area contributed by atoms with E-state index in [1.807, 2.05) is 6.92 Å². The molecule has 0 amide bonds. The Morgan fingerprint density at radius 2 is 1.93 bits per heavy atom. The Morgan fingerprint density at radius 3 is 2.40 bits per heavy atom. The van der Waals surface area contributed by atoms with Gasteiger partial charge in [-0.15, -0.1) is 0 Å². The van der Waals surface area contributed by atoms with Crippen LogP contribution in [0.3, 0.4) is 0 Å². The molecule has 5 nitrogen and oxygen atoms in total. The zero-order valence-corrected chi connectivity index (χ0v) is 9.71. The van der Waals surface area contributed by atoms with Gasteiger partial charge in [0.2, 0.25) is 0 Å². The van der Waals surface area contributed by atoms with Crippen molar-refractivity contribution in [3.8, 4) is 0 Å². The second kappa shape index (κ2) is 5.37. The molecule has 0 bridgehead atoms. The quantitative estimate of drug-likeness (QED) is 0.485. The van der Waals surface area contributed by atoms with Crippen molar-refractivity contribution in [2.45, 2.75) is 18.6 Å². The number of cyclic esters (lactones) is 2.